The van der Waals surface area contributed by atoms with Crippen LogP contribution in [-0.2, 0) is 12.8 Å². The van der Waals surface area contributed by atoms with Gasteiger partial charge >= 0.3 is 0 Å². The summed E-state index contributed by atoms with van der Waals surface area (Å²) in [6, 6.07) is 23.4. The lowest BCUT2D eigenvalue weighted by Gasteiger charge is -2.37. The molecule has 10 rings (SSSR count). The standard InChI is InChI=1S/C60H69N5S9/c1-7-11-15-19-23-40-25-27-44(67-40)46-29-31-48(69-46)56-54(63-66-6)39(5)42(37-61-56)50-35-52-59(71-50)60-53(74(52,33-21-17-13-9-3)34-22-18-14-10-4)36-51(72-60)43-38-62-57(58-55(43)64-73-65-58)49-32-30-47(70-49)45-28-26-41(68-45)24-20-16-12-8-2/h25-32,35-38H,5,7-24,33-34H2,1-4,6H3/b63-54+. The van der Waals surface area contributed by atoms with Gasteiger partial charge in [0.25, 0.3) is 0 Å². The van der Waals surface area contributed by atoms with Crippen molar-refractivity contribution in [3.63, 3.8) is 0 Å². The van der Waals surface area contributed by atoms with Gasteiger partial charge in [-0.15, -0.1) is 68.0 Å². The molecular formula is C60H69N5S9. The SMILES string of the molecule is C=C1C(c2cc3c(s2)-c2sc(-c4cnc(-c5ccc(-c6ccc(CCCCCC)s6)s5)c5nsnc45)cc2S3(CCCCCC)CCCCCC)=CN=C(c2ccc(-c3ccc(CCCCCC)s3)s2)/C1=N/SC. The number of hydrogen-bond donors (Lipinski definition) is 0. The van der Waals surface area contributed by atoms with Crippen LogP contribution in [0.25, 0.3) is 66.9 Å². The van der Waals surface area contributed by atoms with Gasteiger partial charge in [-0.3, -0.25) is 9.98 Å². The molecule has 14 heteroatoms. The summed E-state index contributed by atoms with van der Waals surface area (Å²) in [4.78, 5) is 29.6. The van der Waals surface area contributed by atoms with E-state index >= 15 is 0 Å². The van der Waals surface area contributed by atoms with E-state index in [2.05, 4.69) is 101 Å². The third-order valence-electron chi connectivity index (χ3n) is 14.3. The molecule has 0 spiro atoms. The van der Waals surface area contributed by atoms with Crippen LogP contribution in [0.5, 0.6) is 0 Å². The highest BCUT2D eigenvalue weighted by Crippen LogP contribution is 2.76. The van der Waals surface area contributed by atoms with Gasteiger partial charge in [0.1, 0.15) is 28.2 Å². The van der Waals surface area contributed by atoms with Crippen molar-refractivity contribution in [1.29, 1.82) is 0 Å². The van der Waals surface area contributed by atoms with E-state index in [1.165, 1.54) is 200 Å². The lowest BCUT2D eigenvalue weighted by atomic mass is 9.96. The van der Waals surface area contributed by atoms with E-state index in [4.69, 9.17) is 29.7 Å². The van der Waals surface area contributed by atoms with Crippen LogP contribution in [-0.4, -0.2) is 42.9 Å². The first-order valence-electron chi connectivity index (χ1n) is 27.0. The highest BCUT2D eigenvalue weighted by Gasteiger charge is 2.43. The molecule has 8 aromatic heterocycles. The summed E-state index contributed by atoms with van der Waals surface area (Å²) < 4.78 is 15.0. The Morgan fingerprint density at radius 2 is 1.05 bits per heavy atom. The maximum Gasteiger partial charge on any atom is 0.132 e. The van der Waals surface area contributed by atoms with Gasteiger partial charge in [0.2, 0.25) is 0 Å². The minimum absolute atomic E-state index is 0.890. The molecule has 2 aliphatic rings. The zero-order valence-corrected chi connectivity index (χ0v) is 51.0. The van der Waals surface area contributed by atoms with E-state index in [9.17, 15) is 0 Å². The fraction of sp³-hybridized carbons (Fsp3) is 0.417. The molecule has 0 radical (unpaired) electrons. The van der Waals surface area contributed by atoms with Crippen molar-refractivity contribution in [3.05, 3.63) is 105 Å². The zero-order chi connectivity index (χ0) is 51.0. The zero-order valence-electron chi connectivity index (χ0n) is 43.7. The van der Waals surface area contributed by atoms with Crippen molar-refractivity contribution in [2.45, 2.75) is 153 Å². The first kappa shape index (κ1) is 54.1. The van der Waals surface area contributed by atoms with Crippen molar-refractivity contribution in [1.82, 2.24) is 13.7 Å². The summed E-state index contributed by atoms with van der Waals surface area (Å²) in [6.07, 6.45) is 29.0. The summed E-state index contributed by atoms with van der Waals surface area (Å²) in [5, 5.41) is 0. The van der Waals surface area contributed by atoms with Crippen LogP contribution in [0, 0.1) is 0 Å². The Kier molecular flexibility index (Phi) is 18.6. The minimum Gasteiger partial charge on any atom is -0.252 e. The largest absolute Gasteiger partial charge is 0.252 e. The quantitative estimate of drug-likeness (QED) is 0.0380. The van der Waals surface area contributed by atoms with Crippen LogP contribution < -0.4 is 0 Å². The third-order valence-corrected chi connectivity index (χ3v) is 27.2. The molecule has 8 aromatic rings. The number of aryl methyl sites for hydroxylation is 2. The fourth-order valence-electron chi connectivity index (χ4n) is 10.3. The average Bonchev–Trinajstić information content (AvgIpc) is 4.28. The van der Waals surface area contributed by atoms with Gasteiger partial charge in [0.05, 0.1) is 31.2 Å². The van der Waals surface area contributed by atoms with E-state index in [1.54, 1.807) is 9.79 Å². The summed E-state index contributed by atoms with van der Waals surface area (Å²) in [6.45, 7) is 14.0. The molecule has 10 heterocycles. The molecule has 74 heavy (non-hydrogen) atoms. The van der Waals surface area contributed by atoms with Crippen molar-refractivity contribution >= 4 is 130 Å². The van der Waals surface area contributed by atoms with Crippen molar-refractivity contribution in [2.24, 2.45) is 9.39 Å². The predicted octanol–water partition coefficient (Wildman–Crippen LogP) is 21.9. The van der Waals surface area contributed by atoms with Gasteiger partial charge in [-0.25, -0.2) is 4.40 Å². The second-order valence-electron chi connectivity index (χ2n) is 19.6. The van der Waals surface area contributed by atoms with Crippen molar-refractivity contribution < 1.29 is 0 Å². The number of thiophene rings is 6. The van der Waals surface area contributed by atoms with E-state index in [1.807, 2.05) is 74.3 Å². The number of rotatable bonds is 27. The molecule has 0 bridgehead atoms. The normalized spacial score (nSPS) is 15.1. The average molecular weight is 1150 g/mol. The van der Waals surface area contributed by atoms with Gasteiger partial charge in [0, 0.05) is 84.2 Å². The third kappa shape index (κ3) is 11.5. The smallest absolute Gasteiger partial charge is 0.132 e. The monoisotopic (exact) mass is 1150 g/mol. The fourth-order valence-corrected chi connectivity index (χ4v) is 23.7. The molecule has 0 aliphatic carbocycles. The number of nitrogens with zero attached hydrogens (tertiary/aromatic N) is 5. The van der Waals surface area contributed by atoms with Crippen LogP contribution in [0.3, 0.4) is 0 Å². The van der Waals surface area contributed by atoms with Crippen LogP contribution >= 0.6 is 102 Å². The van der Waals surface area contributed by atoms with Gasteiger partial charge < -0.3 is 0 Å². The summed E-state index contributed by atoms with van der Waals surface area (Å²) in [5.74, 6) is 2.46. The molecular weight excluding hydrogens is 1080 g/mol. The molecule has 0 N–H and O–H groups in total. The number of hydrogen-bond acceptors (Lipinski definition) is 13. The van der Waals surface area contributed by atoms with E-state index in [0.717, 1.165) is 54.6 Å². The number of unbranched alkanes of at least 4 members (excludes halogenated alkanes) is 12. The summed E-state index contributed by atoms with van der Waals surface area (Å²) >= 11 is 14.2. The van der Waals surface area contributed by atoms with Crippen molar-refractivity contribution in [3.8, 4) is 50.3 Å². The molecule has 0 saturated carbocycles. The topological polar surface area (TPSA) is 63.4 Å². The minimum atomic E-state index is -1.35. The van der Waals surface area contributed by atoms with E-state index < -0.39 is 10.0 Å². The molecule has 5 nitrogen and oxygen atoms in total. The van der Waals surface area contributed by atoms with Gasteiger partial charge in [-0.1, -0.05) is 111 Å². The Morgan fingerprint density at radius 3 is 1.66 bits per heavy atom. The first-order valence-corrected chi connectivity index (χ1v) is 35.8. The van der Waals surface area contributed by atoms with E-state index in [0.29, 0.717) is 0 Å². The summed E-state index contributed by atoms with van der Waals surface area (Å²) in [5.41, 5.74) is 7.79. The number of fused-ring (bicyclic) bond motifs is 4. The van der Waals surface area contributed by atoms with Crippen LogP contribution in [0.2, 0.25) is 0 Å². The second-order valence-corrected chi connectivity index (χ2v) is 30.8. The van der Waals surface area contributed by atoms with Crippen LogP contribution in [0.15, 0.2) is 104 Å². The molecule has 0 aromatic carbocycles. The predicted molar refractivity (Wildman–Crippen MR) is 339 cm³/mol. The molecule has 388 valence electrons. The highest BCUT2D eigenvalue weighted by atomic mass is 32.3. The Morgan fingerprint density at radius 1 is 0.541 bits per heavy atom. The lowest BCUT2D eigenvalue weighted by molar-refractivity contribution is 0.670. The molecule has 0 amide bonds. The van der Waals surface area contributed by atoms with Crippen molar-refractivity contribution in [2.75, 3.05) is 17.8 Å². The Bertz CT molecular complexity index is 3270. The van der Waals surface area contributed by atoms with Crippen LogP contribution in [0.1, 0.15) is 150 Å². The maximum atomic E-state index is 5.27. The highest BCUT2D eigenvalue weighted by molar-refractivity contribution is 8.34. The lowest BCUT2D eigenvalue weighted by Crippen LogP contribution is -2.19. The summed E-state index contributed by atoms with van der Waals surface area (Å²) in [7, 11) is -1.35. The maximum absolute atomic E-state index is 5.27. The van der Waals surface area contributed by atoms with Gasteiger partial charge in [-0.05, 0) is 123 Å². The first-order chi connectivity index (χ1) is 36.4. The molecule has 2 aliphatic heterocycles. The van der Waals surface area contributed by atoms with E-state index in [-0.39, 0.29) is 0 Å². The second kappa shape index (κ2) is 25.4. The number of allylic oxidation sites excluding steroid dienone is 2. The van der Waals surface area contributed by atoms with Gasteiger partial charge in [-0.2, -0.15) is 18.8 Å². The molecule has 0 fully saturated rings. The van der Waals surface area contributed by atoms with Crippen LogP contribution in [0.4, 0.5) is 0 Å². The Hall–Kier alpha value is -3.31. The molecule has 0 unspecified atom stereocenters. The number of pyridine rings is 1. The Balaban J connectivity index is 0.986. The molecule has 0 saturated heterocycles. The number of aromatic nitrogens is 3. The van der Waals surface area contributed by atoms with Gasteiger partial charge in [0.15, 0.2) is 0 Å². The Labute approximate surface area is 474 Å². The molecule has 0 atom stereocenters. The number of aliphatic imine (C=N–C) groups is 1.